The third-order valence-electron chi connectivity index (χ3n) is 4.87. The Morgan fingerprint density at radius 2 is 1.85 bits per heavy atom. The molecule has 0 bridgehead atoms. The Balaban J connectivity index is 2.11. The van der Waals surface area contributed by atoms with Gasteiger partial charge in [-0.05, 0) is 36.5 Å². The third-order valence-corrected chi connectivity index (χ3v) is 5.78. The SMILES string of the molecule is CNC(C)c1ccc(-c2c(O)c(F)c(F)c3[nH]c(=O)c4sccc4c23)cc1. The first kappa shape index (κ1) is 17.6. The molecule has 4 rings (SSSR count). The highest BCUT2D eigenvalue weighted by atomic mass is 32.1. The van der Waals surface area contributed by atoms with Crippen molar-refractivity contribution < 1.29 is 13.9 Å². The minimum atomic E-state index is -1.38. The molecule has 138 valence electrons. The molecular weight excluding hydrogens is 370 g/mol. The van der Waals surface area contributed by atoms with Crippen molar-refractivity contribution >= 4 is 32.3 Å². The maximum atomic E-state index is 14.5. The van der Waals surface area contributed by atoms with E-state index in [1.807, 2.05) is 26.1 Å². The van der Waals surface area contributed by atoms with E-state index in [1.165, 1.54) is 11.3 Å². The molecule has 3 N–H and O–H groups in total. The van der Waals surface area contributed by atoms with E-state index in [1.54, 1.807) is 23.6 Å². The van der Waals surface area contributed by atoms with E-state index in [2.05, 4.69) is 10.3 Å². The summed E-state index contributed by atoms with van der Waals surface area (Å²) in [5.74, 6) is -3.42. The highest BCUT2D eigenvalue weighted by molar-refractivity contribution is 7.17. The largest absolute Gasteiger partial charge is 0.504 e. The van der Waals surface area contributed by atoms with Crippen LogP contribution >= 0.6 is 11.3 Å². The van der Waals surface area contributed by atoms with Crippen LogP contribution in [0.3, 0.4) is 0 Å². The first-order valence-electron chi connectivity index (χ1n) is 8.34. The smallest absolute Gasteiger partial charge is 0.266 e. The zero-order valence-electron chi connectivity index (χ0n) is 14.6. The number of H-pyrrole nitrogens is 1. The maximum absolute atomic E-state index is 14.5. The number of nitrogens with one attached hydrogen (secondary N) is 2. The summed E-state index contributed by atoms with van der Waals surface area (Å²) in [6.07, 6.45) is 0. The monoisotopic (exact) mass is 386 g/mol. The molecule has 0 radical (unpaired) electrons. The summed E-state index contributed by atoms with van der Waals surface area (Å²) in [5, 5.41) is 16.0. The Kier molecular flexibility index (Phi) is 4.20. The predicted octanol–water partition coefficient (Wildman–Crippen LogP) is 4.67. The fourth-order valence-electron chi connectivity index (χ4n) is 3.30. The van der Waals surface area contributed by atoms with Crippen molar-refractivity contribution in [1.29, 1.82) is 0 Å². The van der Waals surface area contributed by atoms with Crippen LogP contribution in [0.4, 0.5) is 8.78 Å². The van der Waals surface area contributed by atoms with E-state index in [-0.39, 0.29) is 22.5 Å². The molecular formula is C20H16F2N2O2S. The Hall–Kier alpha value is -2.77. The Morgan fingerprint density at radius 1 is 1.15 bits per heavy atom. The number of halogens is 2. The second kappa shape index (κ2) is 6.44. The second-order valence-corrected chi connectivity index (χ2v) is 7.27. The summed E-state index contributed by atoms with van der Waals surface area (Å²) in [6, 6.07) is 9.01. The van der Waals surface area contributed by atoms with Crippen LogP contribution in [0.1, 0.15) is 18.5 Å². The van der Waals surface area contributed by atoms with Crippen LogP contribution < -0.4 is 10.9 Å². The fraction of sp³-hybridized carbons (Fsp3) is 0.150. The molecule has 7 heteroatoms. The van der Waals surface area contributed by atoms with Crippen LogP contribution in [0, 0.1) is 11.6 Å². The van der Waals surface area contributed by atoms with Crippen LogP contribution in [0.5, 0.6) is 5.75 Å². The summed E-state index contributed by atoms with van der Waals surface area (Å²) >= 11 is 1.21. The van der Waals surface area contributed by atoms with Gasteiger partial charge in [0.25, 0.3) is 5.56 Å². The van der Waals surface area contributed by atoms with E-state index in [4.69, 9.17) is 0 Å². The molecule has 0 fully saturated rings. The molecule has 1 atom stereocenters. The highest BCUT2D eigenvalue weighted by Gasteiger charge is 2.24. The summed E-state index contributed by atoms with van der Waals surface area (Å²) in [4.78, 5) is 14.6. The van der Waals surface area contributed by atoms with Crippen LogP contribution in [0.25, 0.3) is 32.1 Å². The minimum Gasteiger partial charge on any atom is -0.504 e. The standard InChI is InChI=1S/C20H16F2N2O2S/c1-9(23-2)10-3-5-11(6-4-10)13-14-12-7-8-27-19(12)20(26)24-17(14)15(21)16(22)18(13)25/h3-9,23,25H,1-2H3,(H,24,26). The first-order chi connectivity index (χ1) is 12.9. The number of aromatic nitrogens is 1. The van der Waals surface area contributed by atoms with Crippen molar-refractivity contribution in [2.75, 3.05) is 7.05 Å². The van der Waals surface area contributed by atoms with Gasteiger partial charge in [-0.2, -0.15) is 4.39 Å². The predicted molar refractivity (Wildman–Crippen MR) is 104 cm³/mol. The lowest BCUT2D eigenvalue weighted by Gasteiger charge is -2.15. The molecule has 0 saturated carbocycles. The number of aromatic hydroxyl groups is 1. The molecule has 0 aliphatic rings. The van der Waals surface area contributed by atoms with Crippen molar-refractivity contribution in [3.63, 3.8) is 0 Å². The number of fused-ring (bicyclic) bond motifs is 3. The molecule has 4 nitrogen and oxygen atoms in total. The molecule has 2 aromatic carbocycles. The molecule has 4 aromatic rings. The number of pyridine rings is 1. The lowest BCUT2D eigenvalue weighted by atomic mass is 9.95. The summed E-state index contributed by atoms with van der Waals surface area (Å²) in [6.45, 7) is 2.00. The first-order valence-corrected chi connectivity index (χ1v) is 9.22. The summed E-state index contributed by atoms with van der Waals surface area (Å²) in [5.41, 5.74) is 0.974. The van der Waals surface area contributed by atoms with Gasteiger partial charge in [0.15, 0.2) is 11.6 Å². The zero-order valence-corrected chi connectivity index (χ0v) is 15.4. The Labute approximate surface area is 157 Å². The zero-order chi connectivity index (χ0) is 19.3. The molecule has 0 spiro atoms. The molecule has 0 aliphatic carbocycles. The minimum absolute atomic E-state index is 0.120. The molecule has 0 saturated heterocycles. The number of aromatic amines is 1. The number of phenolic OH excluding ortho intramolecular Hbond substituents is 1. The second-order valence-electron chi connectivity index (χ2n) is 6.35. The summed E-state index contributed by atoms with van der Waals surface area (Å²) in [7, 11) is 1.84. The fourth-order valence-corrected chi connectivity index (χ4v) is 4.10. The van der Waals surface area contributed by atoms with Crippen LogP contribution in [0.2, 0.25) is 0 Å². The van der Waals surface area contributed by atoms with Gasteiger partial charge < -0.3 is 15.4 Å². The molecule has 0 aliphatic heterocycles. The van der Waals surface area contributed by atoms with Crippen LogP contribution in [-0.2, 0) is 0 Å². The van der Waals surface area contributed by atoms with E-state index in [0.717, 1.165) is 5.56 Å². The van der Waals surface area contributed by atoms with Crippen LogP contribution in [0.15, 0.2) is 40.5 Å². The molecule has 0 amide bonds. The summed E-state index contributed by atoms with van der Waals surface area (Å²) < 4.78 is 29.2. The number of benzene rings is 2. The van der Waals surface area contributed by atoms with Gasteiger partial charge in [0, 0.05) is 22.4 Å². The van der Waals surface area contributed by atoms with Crippen molar-refractivity contribution in [1.82, 2.24) is 10.3 Å². The van der Waals surface area contributed by atoms with Crippen molar-refractivity contribution in [2.24, 2.45) is 0 Å². The van der Waals surface area contributed by atoms with Gasteiger partial charge >= 0.3 is 0 Å². The van der Waals surface area contributed by atoms with Gasteiger partial charge in [0.2, 0.25) is 5.82 Å². The number of hydrogen-bond donors (Lipinski definition) is 3. The maximum Gasteiger partial charge on any atom is 0.266 e. The molecule has 27 heavy (non-hydrogen) atoms. The van der Waals surface area contributed by atoms with E-state index >= 15 is 0 Å². The highest BCUT2D eigenvalue weighted by Crippen LogP contribution is 2.42. The average Bonchev–Trinajstić information content (AvgIpc) is 3.18. The van der Waals surface area contributed by atoms with E-state index < -0.39 is 22.9 Å². The van der Waals surface area contributed by atoms with Gasteiger partial charge in [0.05, 0.1) is 5.52 Å². The number of rotatable bonds is 3. The van der Waals surface area contributed by atoms with Gasteiger partial charge in [-0.15, -0.1) is 11.3 Å². The quantitative estimate of drug-likeness (QED) is 0.479. The van der Waals surface area contributed by atoms with E-state index in [9.17, 15) is 18.7 Å². The number of phenols is 1. The van der Waals surface area contributed by atoms with Crippen molar-refractivity contribution in [2.45, 2.75) is 13.0 Å². The third kappa shape index (κ3) is 2.62. The normalized spacial score (nSPS) is 12.7. The van der Waals surface area contributed by atoms with Gasteiger partial charge in [-0.3, -0.25) is 4.79 Å². The van der Waals surface area contributed by atoms with Crippen molar-refractivity contribution in [3.05, 3.63) is 63.3 Å². The molecule has 2 heterocycles. The topological polar surface area (TPSA) is 65.1 Å². The lowest BCUT2D eigenvalue weighted by Crippen LogP contribution is -2.11. The average molecular weight is 386 g/mol. The Bertz CT molecular complexity index is 1230. The molecule has 1 unspecified atom stereocenters. The van der Waals surface area contributed by atoms with E-state index in [0.29, 0.717) is 15.6 Å². The lowest BCUT2D eigenvalue weighted by molar-refractivity contribution is 0.412. The van der Waals surface area contributed by atoms with Gasteiger partial charge in [-0.25, -0.2) is 4.39 Å². The van der Waals surface area contributed by atoms with Gasteiger partial charge in [-0.1, -0.05) is 24.3 Å². The Morgan fingerprint density at radius 3 is 2.52 bits per heavy atom. The number of hydrogen-bond acceptors (Lipinski definition) is 4. The van der Waals surface area contributed by atoms with Gasteiger partial charge in [0.1, 0.15) is 4.70 Å². The van der Waals surface area contributed by atoms with Crippen LogP contribution in [-0.4, -0.2) is 17.1 Å². The number of thiophene rings is 1. The van der Waals surface area contributed by atoms with Crippen molar-refractivity contribution in [3.8, 4) is 16.9 Å². The molecule has 2 aromatic heterocycles.